The second kappa shape index (κ2) is 9.60. The number of hydrogen-bond donors (Lipinski definition) is 1. The van der Waals surface area contributed by atoms with Crippen LogP contribution in [0.4, 0.5) is 0 Å². The third-order valence-corrected chi connectivity index (χ3v) is 7.12. The number of aryl methyl sites for hydroxylation is 2. The molecule has 0 spiro atoms. The number of carbonyl (C=O) groups is 1. The Morgan fingerprint density at radius 1 is 1.34 bits per heavy atom. The minimum Gasteiger partial charge on any atom is -0.482 e. The maximum atomic E-state index is 12.1. The summed E-state index contributed by atoms with van der Waals surface area (Å²) >= 11 is 7.74. The smallest absolute Gasteiger partial charge is 0.277 e. The number of rotatable bonds is 6. The van der Waals surface area contributed by atoms with Crippen molar-refractivity contribution >= 4 is 35.1 Å². The Hall–Kier alpha value is -3.08. The van der Waals surface area contributed by atoms with Gasteiger partial charge in [0.1, 0.15) is 16.8 Å². The second-order valence-electron chi connectivity index (χ2n) is 7.68. The molecule has 0 fully saturated rings. The first kappa shape index (κ1) is 22.1. The van der Waals surface area contributed by atoms with Crippen molar-refractivity contribution in [1.29, 1.82) is 5.26 Å². The Morgan fingerprint density at radius 3 is 2.91 bits per heavy atom. The molecule has 2 aromatic heterocycles. The van der Waals surface area contributed by atoms with Crippen LogP contribution in [0, 0.1) is 25.2 Å². The van der Waals surface area contributed by atoms with Crippen LogP contribution < -0.4 is 10.2 Å². The number of para-hydroxylation sites is 1. The normalized spacial score (nSPS) is 13.1. The fourth-order valence-corrected chi connectivity index (χ4v) is 5.61. The van der Waals surface area contributed by atoms with Crippen molar-refractivity contribution in [2.24, 2.45) is 5.10 Å². The number of benzene rings is 1. The Morgan fingerprint density at radius 2 is 2.12 bits per heavy atom. The zero-order chi connectivity index (χ0) is 22.7. The van der Waals surface area contributed by atoms with Crippen LogP contribution in [0.1, 0.15) is 45.8 Å². The van der Waals surface area contributed by atoms with Crippen molar-refractivity contribution in [3.8, 4) is 16.8 Å². The largest absolute Gasteiger partial charge is 0.482 e. The number of aromatic nitrogens is 1. The average molecular weight is 467 g/mol. The minimum atomic E-state index is -0.382. The first-order valence-electron chi connectivity index (χ1n) is 10.4. The third-order valence-electron chi connectivity index (χ3n) is 5.53. The van der Waals surface area contributed by atoms with Crippen LogP contribution in [0.15, 0.2) is 35.4 Å². The number of amides is 1. The van der Waals surface area contributed by atoms with Gasteiger partial charge >= 0.3 is 0 Å². The molecule has 2 heterocycles. The summed E-state index contributed by atoms with van der Waals surface area (Å²) in [6.07, 6.45) is 5.96. The quantitative estimate of drug-likeness (QED) is 0.406. The van der Waals surface area contributed by atoms with Gasteiger partial charge in [-0.1, -0.05) is 23.7 Å². The molecule has 0 unspecified atom stereocenters. The molecule has 0 saturated heterocycles. The number of ether oxygens (including phenoxy) is 1. The number of halogens is 1. The molecule has 3 aromatic rings. The van der Waals surface area contributed by atoms with Crippen LogP contribution in [0.2, 0.25) is 5.02 Å². The lowest BCUT2D eigenvalue weighted by atomic mass is 9.96. The highest BCUT2D eigenvalue weighted by Crippen LogP contribution is 2.38. The number of hydrogen-bond acceptors (Lipinski definition) is 5. The Labute approximate surface area is 196 Å². The van der Waals surface area contributed by atoms with Gasteiger partial charge in [0.2, 0.25) is 0 Å². The van der Waals surface area contributed by atoms with Crippen LogP contribution >= 0.6 is 22.9 Å². The SMILES string of the molecule is Cc1cc(/C=N\NC(=O)COc2ccccc2Cl)c(C)n1-c1sc2c(c1C#N)CCCC2. The molecule has 1 N–H and O–H groups in total. The van der Waals surface area contributed by atoms with Crippen LogP contribution in [0.25, 0.3) is 5.00 Å². The maximum absolute atomic E-state index is 12.1. The number of nitriles is 1. The van der Waals surface area contributed by atoms with Gasteiger partial charge in [-0.25, -0.2) is 5.43 Å². The van der Waals surface area contributed by atoms with Crippen molar-refractivity contribution in [1.82, 2.24) is 9.99 Å². The van der Waals surface area contributed by atoms with Crippen molar-refractivity contribution in [3.63, 3.8) is 0 Å². The van der Waals surface area contributed by atoms with Crippen molar-refractivity contribution in [2.75, 3.05) is 6.61 Å². The maximum Gasteiger partial charge on any atom is 0.277 e. The predicted octanol–water partition coefficient (Wildman–Crippen LogP) is 5.09. The second-order valence-corrected chi connectivity index (χ2v) is 9.17. The van der Waals surface area contributed by atoms with Gasteiger partial charge in [-0.2, -0.15) is 10.4 Å². The molecule has 164 valence electrons. The molecule has 0 bridgehead atoms. The highest BCUT2D eigenvalue weighted by atomic mass is 35.5. The van der Waals surface area contributed by atoms with E-state index in [1.54, 1.807) is 41.8 Å². The molecule has 0 aliphatic heterocycles. The van der Waals surface area contributed by atoms with E-state index in [0.717, 1.165) is 46.8 Å². The van der Waals surface area contributed by atoms with Crippen molar-refractivity contribution in [2.45, 2.75) is 39.5 Å². The Balaban J connectivity index is 1.47. The predicted molar refractivity (Wildman–Crippen MR) is 127 cm³/mol. The molecule has 4 rings (SSSR count). The fraction of sp³-hybridized carbons (Fsp3) is 0.292. The third kappa shape index (κ3) is 4.43. The lowest BCUT2D eigenvalue weighted by Crippen LogP contribution is -2.24. The minimum absolute atomic E-state index is 0.188. The number of fused-ring (bicyclic) bond motifs is 1. The van der Waals surface area contributed by atoms with Crippen molar-refractivity contribution in [3.05, 3.63) is 68.3 Å². The highest BCUT2D eigenvalue weighted by Gasteiger charge is 2.23. The van der Waals surface area contributed by atoms with E-state index in [9.17, 15) is 10.1 Å². The summed E-state index contributed by atoms with van der Waals surface area (Å²) in [6, 6.07) is 11.4. The van der Waals surface area contributed by atoms with E-state index in [1.807, 2.05) is 19.9 Å². The van der Waals surface area contributed by atoms with Gasteiger partial charge in [-0.3, -0.25) is 4.79 Å². The van der Waals surface area contributed by atoms with E-state index < -0.39 is 0 Å². The topological polar surface area (TPSA) is 79.4 Å². The van der Waals surface area contributed by atoms with Crippen LogP contribution in [0.3, 0.4) is 0 Å². The van der Waals surface area contributed by atoms with Gasteiger partial charge in [-0.15, -0.1) is 11.3 Å². The first-order chi connectivity index (χ1) is 15.5. The van der Waals surface area contributed by atoms with Gasteiger partial charge in [-0.05, 0) is 63.3 Å². The molecule has 8 heteroatoms. The summed E-state index contributed by atoms with van der Waals surface area (Å²) in [5.41, 5.74) is 7.36. The summed E-state index contributed by atoms with van der Waals surface area (Å²) < 4.78 is 7.54. The monoisotopic (exact) mass is 466 g/mol. The van der Waals surface area contributed by atoms with Gasteiger partial charge in [0.25, 0.3) is 5.91 Å². The van der Waals surface area contributed by atoms with Gasteiger partial charge < -0.3 is 9.30 Å². The highest BCUT2D eigenvalue weighted by molar-refractivity contribution is 7.15. The molecule has 0 atom stereocenters. The number of carbonyl (C=O) groups excluding carboxylic acids is 1. The van der Waals surface area contributed by atoms with E-state index in [1.165, 1.54) is 16.9 Å². The summed E-state index contributed by atoms with van der Waals surface area (Å²) in [5, 5.41) is 15.3. The lowest BCUT2D eigenvalue weighted by molar-refractivity contribution is -0.123. The number of thiophene rings is 1. The molecule has 1 aliphatic rings. The van der Waals surface area contributed by atoms with Crippen molar-refractivity contribution < 1.29 is 9.53 Å². The summed E-state index contributed by atoms with van der Waals surface area (Å²) in [4.78, 5) is 13.4. The molecule has 1 amide bonds. The molecular weight excluding hydrogens is 444 g/mol. The molecule has 1 aromatic carbocycles. The number of hydrazone groups is 1. The molecule has 32 heavy (non-hydrogen) atoms. The zero-order valence-electron chi connectivity index (χ0n) is 17.9. The van der Waals surface area contributed by atoms with Crippen LogP contribution in [-0.2, 0) is 17.6 Å². The summed E-state index contributed by atoms with van der Waals surface area (Å²) in [7, 11) is 0. The first-order valence-corrected chi connectivity index (χ1v) is 11.6. The van der Waals surface area contributed by atoms with E-state index in [4.69, 9.17) is 16.3 Å². The van der Waals surface area contributed by atoms with E-state index >= 15 is 0 Å². The number of nitrogens with one attached hydrogen (secondary N) is 1. The summed E-state index contributed by atoms with van der Waals surface area (Å²) in [5.74, 6) is 0.0662. The van der Waals surface area contributed by atoms with E-state index in [-0.39, 0.29) is 12.5 Å². The Bertz CT molecular complexity index is 1240. The molecular formula is C24H23ClN4O2S. The zero-order valence-corrected chi connectivity index (χ0v) is 19.5. The lowest BCUT2D eigenvalue weighted by Gasteiger charge is -2.10. The number of nitrogens with zero attached hydrogens (tertiary/aromatic N) is 3. The fourth-order valence-electron chi connectivity index (χ4n) is 3.97. The van der Waals surface area contributed by atoms with E-state index in [2.05, 4.69) is 21.2 Å². The molecule has 1 aliphatic carbocycles. The van der Waals surface area contributed by atoms with Crippen LogP contribution in [0.5, 0.6) is 5.75 Å². The molecule has 6 nitrogen and oxygen atoms in total. The molecule has 0 radical (unpaired) electrons. The van der Waals surface area contributed by atoms with E-state index in [0.29, 0.717) is 10.8 Å². The van der Waals surface area contributed by atoms with Crippen LogP contribution in [-0.4, -0.2) is 23.3 Å². The standard InChI is InChI=1S/C24H23ClN4O2S/c1-15-11-17(13-27-28-23(30)14-31-21-9-5-4-8-20(21)25)16(2)29(15)24-19(12-26)18-7-3-6-10-22(18)32-24/h4-5,8-9,11,13H,3,6-7,10,14H2,1-2H3,(H,28,30)/b27-13-. The molecule has 0 saturated carbocycles. The van der Waals surface area contributed by atoms with Gasteiger partial charge in [0.15, 0.2) is 6.61 Å². The van der Waals surface area contributed by atoms with Gasteiger partial charge in [0.05, 0.1) is 16.8 Å². The summed E-state index contributed by atoms with van der Waals surface area (Å²) in [6.45, 7) is 3.82. The Kier molecular flexibility index (Phi) is 6.63. The van der Waals surface area contributed by atoms with Gasteiger partial charge in [0, 0.05) is 21.8 Å². The average Bonchev–Trinajstić information content (AvgIpc) is 3.29.